The zero-order valence-electron chi connectivity index (χ0n) is 9.11. The fraction of sp³-hybridized carbons (Fsp3) is 1.00. The lowest BCUT2D eigenvalue weighted by Gasteiger charge is -1.95. The van der Waals surface area contributed by atoms with E-state index in [1.165, 1.54) is 38.5 Å². The summed E-state index contributed by atoms with van der Waals surface area (Å²) in [5.74, 6) is 1.44. The Balaban J connectivity index is 1.48. The fourth-order valence-electron chi connectivity index (χ4n) is 2.36. The fourth-order valence-corrected chi connectivity index (χ4v) is 2.36. The van der Waals surface area contributed by atoms with Gasteiger partial charge in [0.25, 0.3) is 0 Å². The molecule has 2 aliphatic rings. The van der Waals surface area contributed by atoms with Crippen molar-refractivity contribution >= 4 is 0 Å². The van der Waals surface area contributed by atoms with Crippen molar-refractivity contribution in [2.75, 3.05) is 6.61 Å². The maximum absolute atomic E-state index is 8.89. The number of rotatable bonds is 7. The van der Waals surface area contributed by atoms with Crippen LogP contribution in [0, 0.1) is 11.8 Å². The Morgan fingerprint density at radius 3 is 2.57 bits per heavy atom. The van der Waals surface area contributed by atoms with Crippen LogP contribution < -0.4 is 0 Å². The largest absolute Gasteiger partial charge is 0.396 e. The third-order valence-electron chi connectivity index (χ3n) is 3.66. The zero-order chi connectivity index (χ0) is 9.97. The molecular weight excluding hydrogens is 176 g/mol. The second-order valence-electron chi connectivity index (χ2n) is 4.87. The Morgan fingerprint density at radius 2 is 1.93 bits per heavy atom. The molecule has 2 rings (SSSR count). The Bertz CT molecular complexity index is 181. The number of hydrogen-bond acceptors (Lipinski definition) is 2. The molecule has 1 aliphatic carbocycles. The molecule has 1 aliphatic heterocycles. The number of aliphatic hydroxyl groups excluding tert-OH is 1. The molecule has 0 spiro atoms. The second-order valence-corrected chi connectivity index (χ2v) is 4.87. The van der Waals surface area contributed by atoms with Crippen molar-refractivity contribution in [1.82, 2.24) is 0 Å². The van der Waals surface area contributed by atoms with Crippen molar-refractivity contribution in [2.24, 2.45) is 11.8 Å². The number of epoxide rings is 1. The van der Waals surface area contributed by atoms with Gasteiger partial charge in [0, 0.05) is 6.61 Å². The van der Waals surface area contributed by atoms with E-state index >= 15 is 0 Å². The van der Waals surface area contributed by atoms with Gasteiger partial charge in [-0.05, 0) is 37.5 Å². The number of aliphatic hydroxyl groups is 1. The van der Waals surface area contributed by atoms with Crippen LogP contribution in [-0.4, -0.2) is 23.9 Å². The molecule has 1 saturated carbocycles. The minimum absolute atomic E-state index is 0.398. The monoisotopic (exact) mass is 198 g/mol. The van der Waals surface area contributed by atoms with Crippen molar-refractivity contribution in [3.63, 3.8) is 0 Å². The molecule has 0 amide bonds. The lowest BCUT2D eigenvalue weighted by atomic mass is 10.1. The first-order valence-electron chi connectivity index (χ1n) is 6.11. The van der Waals surface area contributed by atoms with Gasteiger partial charge in [-0.2, -0.15) is 0 Å². The molecule has 0 aromatic carbocycles. The number of ether oxygens (including phenoxy) is 1. The van der Waals surface area contributed by atoms with Crippen molar-refractivity contribution in [3.05, 3.63) is 0 Å². The molecule has 4 atom stereocenters. The Morgan fingerprint density at radius 1 is 1.14 bits per heavy atom. The van der Waals surface area contributed by atoms with E-state index in [0.29, 0.717) is 24.7 Å². The molecule has 82 valence electrons. The van der Waals surface area contributed by atoms with Crippen LogP contribution >= 0.6 is 0 Å². The highest BCUT2D eigenvalue weighted by molar-refractivity contribution is 4.90. The van der Waals surface area contributed by atoms with E-state index in [1.54, 1.807) is 0 Å². The molecule has 4 unspecified atom stereocenters. The topological polar surface area (TPSA) is 32.8 Å². The SMILES string of the molecule is CCCCC1OC1CCC1CC1CO. The predicted molar refractivity (Wildman–Crippen MR) is 56.1 cm³/mol. The second kappa shape index (κ2) is 4.63. The standard InChI is InChI=1S/C12H22O2/c1-2-3-4-11-12(14-11)6-5-9-7-10(9)8-13/h9-13H,2-8H2,1H3. The Labute approximate surface area is 86.6 Å². The molecular formula is C12H22O2. The summed E-state index contributed by atoms with van der Waals surface area (Å²) in [5, 5.41) is 8.89. The predicted octanol–water partition coefficient (Wildman–Crippen LogP) is 2.35. The summed E-state index contributed by atoms with van der Waals surface area (Å²) >= 11 is 0. The lowest BCUT2D eigenvalue weighted by molar-refractivity contribution is 0.265. The van der Waals surface area contributed by atoms with Crippen LogP contribution in [0.1, 0.15) is 45.4 Å². The summed E-state index contributed by atoms with van der Waals surface area (Å²) in [5.41, 5.74) is 0. The molecule has 2 fully saturated rings. The van der Waals surface area contributed by atoms with Crippen LogP contribution in [0.15, 0.2) is 0 Å². The first kappa shape index (κ1) is 10.4. The van der Waals surface area contributed by atoms with Gasteiger partial charge in [0.1, 0.15) is 0 Å². The molecule has 0 bridgehead atoms. The molecule has 0 aromatic rings. The van der Waals surface area contributed by atoms with E-state index in [-0.39, 0.29) is 0 Å². The van der Waals surface area contributed by atoms with Crippen LogP contribution in [-0.2, 0) is 4.74 Å². The quantitative estimate of drug-likeness (QED) is 0.637. The van der Waals surface area contributed by atoms with Crippen molar-refractivity contribution in [2.45, 2.75) is 57.7 Å². The highest BCUT2D eigenvalue weighted by atomic mass is 16.6. The molecule has 2 heteroatoms. The lowest BCUT2D eigenvalue weighted by Crippen LogP contribution is -1.96. The van der Waals surface area contributed by atoms with E-state index in [9.17, 15) is 0 Å². The number of hydrogen-bond donors (Lipinski definition) is 1. The zero-order valence-corrected chi connectivity index (χ0v) is 9.11. The Hall–Kier alpha value is -0.0800. The summed E-state index contributed by atoms with van der Waals surface area (Å²) in [6.45, 7) is 2.63. The van der Waals surface area contributed by atoms with E-state index in [1.807, 2.05) is 0 Å². The minimum Gasteiger partial charge on any atom is -0.396 e. The van der Waals surface area contributed by atoms with Crippen LogP contribution in [0.4, 0.5) is 0 Å². The van der Waals surface area contributed by atoms with Gasteiger partial charge in [-0.15, -0.1) is 0 Å². The highest BCUT2D eigenvalue weighted by Crippen LogP contribution is 2.43. The van der Waals surface area contributed by atoms with Crippen molar-refractivity contribution in [3.8, 4) is 0 Å². The molecule has 2 nitrogen and oxygen atoms in total. The van der Waals surface area contributed by atoms with Gasteiger partial charge in [-0.1, -0.05) is 19.8 Å². The van der Waals surface area contributed by atoms with Crippen molar-refractivity contribution in [1.29, 1.82) is 0 Å². The summed E-state index contributed by atoms with van der Waals surface area (Å²) in [4.78, 5) is 0. The molecule has 0 aromatic heterocycles. The van der Waals surface area contributed by atoms with Gasteiger partial charge in [-0.25, -0.2) is 0 Å². The minimum atomic E-state index is 0.398. The van der Waals surface area contributed by atoms with E-state index in [4.69, 9.17) is 9.84 Å². The van der Waals surface area contributed by atoms with Gasteiger partial charge in [0.05, 0.1) is 12.2 Å². The molecule has 14 heavy (non-hydrogen) atoms. The van der Waals surface area contributed by atoms with Gasteiger partial charge in [-0.3, -0.25) is 0 Å². The highest BCUT2D eigenvalue weighted by Gasteiger charge is 2.41. The smallest absolute Gasteiger partial charge is 0.0842 e. The van der Waals surface area contributed by atoms with E-state index in [2.05, 4.69) is 6.92 Å². The summed E-state index contributed by atoms with van der Waals surface area (Å²) in [7, 11) is 0. The number of unbranched alkanes of at least 4 members (excludes halogenated alkanes) is 1. The third kappa shape index (κ3) is 2.71. The van der Waals surface area contributed by atoms with E-state index < -0.39 is 0 Å². The van der Waals surface area contributed by atoms with Gasteiger partial charge < -0.3 is 9.84 Å². The van der Waals surface area contributed by atoms with Crippen LogP contribution in [0.25, 0.3) is 0 Å². The summed E-state index contributed by atoms with van der Waals surface area (Å²) < 4.78 is 5.60. The Kier molecular flexibility index (Phi) is 3.45. The maximum Gasteiger partial charge on any atom is 0.0842 e. The van der Waals surface area contributed by atoms with Crippen molar-refractivity contribution < 1.29 is 9.84 Å². The van der Waals surface area contributed by atoms with Crippen LogP contribution in [0.5, 0.6) is 0 Å². The van der Waals surface area contributed by atoms with Crippen LogP contribution in [0.2, 0.25) is 0 Å². The first-order chi connectivity index (χ1) is 6.85. The normalized spacial score (nSPS) is 39.9. The molecule has 1 heterocycles. The molecule has 0 radical (unpaired) electrons. The third-order valence-corrected chi connectivity index (χ3v) is 3.66. The van der Waals surface area contributed by atoms with Gasteiger partial charge >= 0.3 is 0 Å². The molecule has 1 N–H and O–H groups in total. The maximum atomic E-state index is 8.89. The van der Waals surface area contributed by atoms with Gasteiger partial charge in [0.15, 0.2) is 0 Å². The van der Waals surface area contributed by atoms with Gasteiger partial charge in [0.2, 0.25) is 0 Å². The van der Waals surface area contributed by atoms with E-state index in [0.717, 1.165) is 5.92 Å². The summed E-state index contributed by atoms with van der Waals surface area (Å²) in [6, 6.07) is 0. The van der Waals surface area contributed by atoms with Crippen LogP contribution in [0.3, 0.4) is 0 Å². The first-order valence-corrected chi connectivity index (χ1v) is 6.11. The average Bonchev–Trinajstić information content (AvgIpc) is 3.08. The average molecular weight is 198 g/mol. The molecule has 1 saturated heterocycles. The summed E-state index contributed by atoms with van der Waals surface area (Å²) in [6.07, 6.45) is 8.76.